The Kier molecular flexibility index (Phi) is 4.59. The van der Waals surface area contributed by atoms with E-state index in [1.807, 2.05) is 0 Å². The van der Waals surface area contributed by atoms with Gasteiger partial charge in [0.05, 0.1) is 5.60 Å². The van der Waals surface area contributed by atoms with Crippen LogP contribution in [0.15, 0.2) is 0 Å². The van der Waals surface area contributed by atoms with Crippen LogP contribution in [0.25, 0.3) is 0 Å². The van der Waals surface area contributed by atoms with Gasteiger partial charge in [-0.05, 0) is 33.1 Å². The number of rotatable bonds is 7. The molecule has 0 spiro atoms. The van der Waals surface area contributed by atoms with Gasteiger partial charge in [-0.3, -0.25) is 0 Å². The van der Waals surface area contributed by atoms with E-state index in [0.717, 1.165) is 32.4 Å². The third-order valence-corrected chi connectivity index (χ3v) is 3.75. The van der Waals surface area contributed by atoms with Gasteiger partial charge in [0.15, 0.2) is 0 Å². The van der Waals surface area contributed by atoms with Gasteiger partial charge in [-0.2, -0.15) is 15.0 Å². The second-order valence-corrected chi connectivity index (χ2v) is 5.14. The van der Waals surface area contributed by atoms with Crippen LogP contribution < -0.4 is 15.5 Å². The molecule has 0 bridgehead atoms. The van der Waals surface area contributed by atoms with E-state index in [2.05, 4.69) is 44.3 Å². The summed E-state index contributed by atoms with van der Waals surface area (Å²) in [5.41, 5.74) is -0.595. The Morgan fingerprint density at radius 1 is 1.15 bits per heavy atom. The number of nitrogens with one attached hydrogen (secondary N) is 2. The van der Waals surface area contributed by atoms with Crippen LogP contribution in [0.3, 0.4) is 0 Å². The third kappa shape index (κ3) is 3.27. The van der Waals surface area contributed by atoms with Crippen molar-refractivity contribution in [3.05, 3.63) is 0 Å². The molecular weight excluding hydrogens is 256 g/mol. The lowest BCUT2D eigenvalue weighted by molar-refractivity contribution is -0.0203. The SMILES string of the molecule is CCN(CC)c1nc(NC)nc(NCC2(O)CCC2)n1. The Labute approximate surface area is 119 Å². The summed E-state index contributed by atoms with van der Waals surface area (Å²) in [5, 5.41) is 16.2. The first-order valence-corrected chi connectivity index (χ1v) is 7.25. The summed E-state index contributed by atoms with van der Waals surface area (Å²) >= 11 is 0. The van der Waals surface area contributed by atoms with Crippen molar-refractivity contribution in [2.45, 2.75) is 38.7 Å². The maximum atomic E-state index is 10.1. The minimum Gasteiger partial charge on any atom is -0.388 e. The van der Waals surface area contributed by atoms with Gasteiger partial charge in [0.25, 0.3) is 0 Å². The van der Waals surface area contributed by atoms with Crippen molar-refractivity contribution in [3.8, 4) is 0 Å². The highest BCUT2D eigenvalue weighted by Gasteiger charge is 2.34. The minimum atomic E-state index is -0.595. The number of hydrogen-bond donors (Lipinski definition) is 3. The zero-order valence-electron chi connectivity index (χ0n) is 12.5. The predicted molar refractivity (Wildman–Crippen MR) is 80.2 cm³/mol. The Hall–Kier alpha value is -1.63. The third-order valence-electron chi connectivity index (χ3n) is 3.75. The number of hydrogen-bond acceptors (Lipinski definition) is 7. The lowest BCUT2D eigenvalue weighted by Gasteiger charge is -2.36. The summed E-state index contributed by atoms with van der Waals surface area (Å²) in [7, 11) is 1.78. The average Bonchev–Trinajstić information content (AvgIpc) is 2.44. The molecule has 1 heterocycles. The van der Waals surface area contributed by atoms with E-state index >= 15 is 0 Å². The molecule has 0 saturated heterocycles. The summed E-state index contributed by atoms with van der Waals surface area (Å²) in [6.45, 7) is 6.30. The zero-order chi connectivity index (χ0) is 14.6. The number of nitrogens with zero attached hydrogens (tertiary/aromatic N) is 4. The summed E-state index contributed by atoms with van der Waals surface area (Å²) < 4.78 is 0. The first-order valence-electron chi connectivity index (χ1n) is 7.25. The molecular formula is C13H24N6O. The smallest absolute Gasteiger partial charge is 0.231 e. The van der Waals surface area contributed by atoms with E-state index in [1.165, 1.54) is 0 Å². The van der Waals surface area contributed by atoms with Gasteiger partial charge in [-0.15, -0.1) is 0 Å². The van der Waals surface area contributed by atoms with Crippen molar-refractivity contribution in [1.82, 2.24) is 15.0 Å². The molecule has 0 unspecified atom stereocenters. The highest BCUT2D eigenvalue weighted by Crippen LogP contribution is 2.31. The average molecular weight is 280 g/mol. The fraction of sp³-hybridized carbons (Fsp3) is 0.769. The molecule has 0 aliphatic heterocycles. The predicted octanol–water partition coefficient (Wildman–Crippen LogP) is 1.09. The number of anilines is 3. The molecule has 1 aromatic rings. The normalized spacial score (nSPS) is 16.4. The van der Waals surface area contributed by atoms with Crippen molar-refractivity contribution in [2.24, 2.45) is 0 Å². The maximum absolute atomic E-state index is 10.1. The molecule has 1 aliphatic rings. The highest BCUT2D eigenvalue weighted by molar-refractivity contribution is 5.43. The first kappa shape index (κ1) is 14.8. The minimum absolute atomic E-state index is 0.484. The Balaban J connectivity index is 2.12. The van der Waals surface area contributed by atoms with Gasteiger partial charge in [-0.25, -0.2) is 0 Å². The lowest BCUT2D eigenvalue weighted by Crippen LogP contribution is -2.43. The monoisotopic (exact) mass is 280 g/mol. The van der Waals surface area contributed by atoms with Gasteiger partial charge in [-0.1, -0.05) is 0 Å². The van der Waals surface area contributed by atoms with Crippen LogP contribution in [-0.4, -0.2) is 52.3 Å². The van der Waals surface area contributed by atoms with Crippen LogP contribution >= 0.6 is 0 Å². The van der Waals surface area contributed by atoms with Crippen LogP contribution in [0.5, 0.6) is 0 Å². The van der Waals surface area contributed by atoms with Crippen molar-refractivity contribution in [3.63, 3.8) is 0 Å². The van der Waals surface area contributed by atoms with E-state index in [1.54, 1.807) is 7.05 Å². The van der Waals surface area contributed by atoms with E-state index in [-0.39, 0.29) is 0 Å². The quantitative estimate of drug-likeness (QED) is 0.689. The molecule has 1 saturated carbocycles. The molecule has 7 nitrogen and oxygen atoms in total. The number of aromatic nitrogens is 3. The Bertz CT molecular complexity index is 444. The van der Waals surface area contributed by atoms with Crippen LogP contribution in [0.4, 0.5) is 17.8 Å². The van der Waals surface area contributed by atoms with Crippen LogP contribution in [0.1, 0.15) is 33.1 Å². The van der Waals surface area contributed by atoms with Crippen LogP contribution in [0, 0.1) is 0 Å². The summed E-state index contributed by atoms with van der Waals surface area (Å²) in [4.78, 5) is 15.1. The summed E-state index contributed by atoms with van der Waals surface area (Å²) in [6.07, 6.45) is 2.77. The van der Waals surface area contributed by atoms with Gasteiger partial charge < -0.3 is 20.6 Å². The molecule has 1 aromatic heterocycles. The van der Waals surface area contributed by atoms with Gasteiger partial charge >= 0.3 is 0 Å². The maximum Gasteiger partial charge on any atom is 0.231 e. The lowest BCUT2D eigenvalue weighted by atomic mass is 9.80. The van der Waals surface area contributed by atoms with Crippen LogP contribution in [0.2, 0.25) is 0 Å². The van der Waals surface area contributed by atoms with Gasteiger partial charge in [0.2, 0.25) is 17.8 Å². The van der Waals surface area contributed by atoms with Crippen LogP contribution in [-0.2, 0) is 0 Å². The first-order chi connectivity index (χ1) is 9.60. The molecule has 3 N–H and O–H groups in total. The van der Waals surface area contributed by atoms with E-state index in [4.69, 9.17) is 0 Å². The topological polar surface area (TPSA) is 86.2 Å². The summed E-state index contributed by atoms with van der Waals surface area (Å²) in [5.74, 6) is 1.69. The second-order valence-electron chi connectivity index (χ2n) is 5.14. The van der Waals surface area contributed by atoms with Gasteiger partial charge in [0, 0.05) is 26.7 Å². The molecule has 2 rings (SSSR count). The fourth-order valence-electron chi connectivity index (χ4n) is 2.21. The molecule has 20 heavy (non-hydrogen) atoms. The Morgan fingerprint density at radius 3 is 2.30 bits per heavy atom. The largest absolute Gasteiger partial charge is 0.388 e. The van der Waals surface area contributed by atoms with E-state index < -0.39 is 5.60 Å². The molecule has 0 amide bonds. The molecule has 112 valence electrons. The van der Waals surface area contributed by atoms with Crippen molar-refractivity contribution < 1.29 is 5.11 Å². The van der Waals surface area contributed by atoms with E-state index in [0.29, 0.717) is 24.4 Å². The number of aliphatic hydroxyl groups is 1. The molecule has 1 fully saturated rings. The Morgan fingerprint density at radius 2 is 1.80 bits per heavy atom. The van der Waals surface area contributed by atoms with E-state index in [9.17, 15) is 5.11 Å². The second kappa shape index (κ2) is 6.21. The zero-order valence-corrected chi connectivity index (χ0v) is 12.5. The molecule has 0 aromatic carbocycles. The van der Waals surface area contributed by atoms with Gasteiger partial charge in [0.1, 0.15) is 0 Å². The van der Waals surface area contributed by atoms with Crippen molar-refractivity contribution >= 4 is 17.8 Å². The molecule has 0 radical (unpaired) electrons. The molecule has 1 aliphatic carbocycles. The standard InChI is InChI=1S/C13H24N6O/c1-4-19(5-2)12-17-10(14-3)16-11(18-12)15-9-13(20)7-6-8-13/h20H,4-9H2,1-3H3,(H2,14,15,16,17,18). The molecule has 7 heteroatoms. The summed E-state index contributed by atoms with van der Waals surface area (Å²) in [6, 6.07) is 0. The van der Waals surface area contributed by atoms with Crippen molar-refractivity contribution in [2.75, 3.05) is 42.2 Å². The van der Waals surface area contributed by atoms with Crippen molar-refractivity contribution in [1.29, 1.82) is 0 Å². The highest BCUT2D eigenvalue weighted by atomic mass is 16.3. The fourth-order valence-corrected chi connectivity index (χ4v) is 2.21. The molecule has 0 atom stereocenters.